The highest BCUT2D eigenvalue weighted by Crippen LogP contribution is 2.19. The Morgan fingerprint density at radius 3 is 3.07 bits per heavy atom. The topological polar surface area (TPSA) is 52.0 Å². The molecule has 15 heavy (non-hydrogen) atoms. The van der Waals surface area contributed by atoms with E-state index in [2.05, 4.69) is 16.4 Å². The molecule has 1 heterocycles. The summed E-state index contributed by atoms with van der Waals surface area (Å²) in [5.74, 6) is 0.0339. The Bertz CT molecular complexity index is 341. The third-order valence-corrected chi connectivity index (χ3v) is 3.00. The van der Waals surface area contributed by atoms with Gasteiger partial charge in [0.1, 0.15) is 0 Å². The Hall–Kier alpha value is -1.12. The predicted molar refractivity (Wildman–Crippen MR) is 62.9 cm³/mol. The molecule has 5 heteroatoms. The van der Waals surface area contributed by atoms with Gasteiger partial charge < -0.3 is 10.2 Å². The monoisotopic (exact) mass is 224 g/mol. The van der Waals surface area contributed by atoms with Gasteiger partial charge in [-0.2, -0.15) is 5.26 Å². The Morgan fingerprint density at radius 2 is 2.47 bits per heavy atom. The van der Waals surface area contributed by atoms with Crippen molar-refractivity contribution in [1.29, 1.82) is 5.26 Å². The first-order valence-corrected chi connectivity index (χ1v) is 5.75. The summed E-state index contributed by atoms with van der Waals surface area (Å²) in [7, 11) is 3.87. The first kappa shape index (κ1) is 12.0. The summed E-state index contributed by atoms with van der Waals surface area (Å²) in [4.78, 5) is 6.49. The Labute approximate surface area is 94.5 Å². The van der Waals surface area contributed by atoms with Gasteiger partial charge in [0.15, 0.2) is 5.13 Å². The lowest BCUT2D eigenvalue weighted by molar-refractivity contribution is 0.712. The van der Waals surface area contributed by atoms with Gasteiger partial charge in [-0.1, -0.05) is 0 Å². The molecule has 1 aromatic rings. The second-order valence-electron chi connectivity index (χ2n) is 3.56. The molecule has 0 aliphatic rings. The first-order chi connectivity index (χ1) is 7.17. The molecule has 1 atom stereocenters. The zero-order chi connectivity index (χ0) is 11.3. The molecule has 1 aromatic heterocycles. The highest BCUT2D eigenvalue weighted by Gasteiger charge is 2.09. The summed E-state index contributed by atoms with van der Waals surface area (Å²) in [6.07, 6.45) is 0. The molecule has 0 fully saturated rings. The van der Waals surface area contributed by atoms with Crippen molar-refractivity contribution in [2.24, 2.45) is 5.92 Å². The van der Waals surface area contributed by atoms with Gasteiger partial charge in [-0.15, -0.1) is 11.3 Å². The number of thiazole rings is 1. The van der Waals surface area contributed by atoms with E-state index in [1.165, 1.54) is 0 Å². The molecular weight excluding hydrogens is 208 g/mol. The van der Waals surface area contributed by atoms with Crippen LogP contribution in [0.3, 0.4) is 0 Å². The number of hydrogen-bond acceptors (Lipinski definition) is 5. The summed E-state index contributed by atoms with van der Waals surface area (Å²) >= 11 is 1.62. The Morgan fingerprint density at radius 1 is 1.73 bits per heavy atom. The van der Waals surface area contributed by atoms with Crippen LogP contribution in [0.4, 0.5) is 5.13 Å². The van der Waals surface area contributed by atoms with Crippen molar-refractivity contribution in [3.8, 4) is 6.07 Å². The first-order valence-electron chi connectivity index (χ1n) is 4.87. The van der Waals surface area contributed by atoms with E-state index < -0.39 is 0 Å². The maximum Gasteiger partial charge on any atom is 0.185 e. The maximum absolute atomic E-state index is 8.72. The lowest BCUT2D eigenvalue weighted by Gasteiger charge is -2.16. The van der Waals surface area contributed by atoms with E-state index in [1.807, 2.05) is 31.3 Å². The van der Waals surface area contributed by atoms with E-state index in [9.17, 15) is 0 Å². The van der Waals surface area contributed by atoms with Crippen molar-refractivity contribution in [3.63, 3.8) is 0 Å². The molecule has 4 nitrogen and oxygen atoms in total. The van der Waals surface area contributed by atoms with E-state index in [1.54, 1.807) is 11.3 Å². The van der Waals surface area contributed by atoms with Crippen LogP contribution in [0.25, 0.3) is 0 Å². The van der Waals surface area contributed by atoms with Gasteiger partial charge in [0.05, 0.1) is 17.7 Å². The van der Waals surface area contributed by atoms with Crippen LogP contribution in [0.5, 0.6) is 0 Å². The number of nitrogens with one attached hydrogen (secondary N) is 1. The fourth-order valence-electron chi connectivity index (χ4n) is 1.26. The van der Waals surface area contributed by atoms with E-state index in [0.717, 1.165) is 23.9 Å². The predicted octanol–water partition coefficient (Wildman–Crippen LogP) is 1.46. The van der Waals surface area contributed by atoms with Crippen LogP contribution in [-0.2, 0) is 6.54 Å². The normalized spacial score (nSPS) is 12.1. The fraction of sp³-hybridized carbons (Fsp3) is 0.600. The van der Waals surface area contributed by atoms with Gasteiger partial charge >= 0.3 is 0 Å². The van der Waals surface area contributed by atoms with Crippen LogP contribution in [0.2, 0.25) is 0 Å². The Kier molecular flexibility index (Phi) is 4.53. The molecular formula is C10H16N4S. The lowest BCUT2D eigenvalue weighted by atomic mass is 10.2. The van der Waals surface area contributed by atoms with Gasteiger partial charge in [-0.05, 0) is 14.0 Å². The van der Waals surface area contributed by atoms with Gasteiger partial charge in [0.25, 0.3) is 0 Å². The molecule has 1 rings (SSSR count). The van der Waals surface area contributed by atoms with Crippen LogP contribution < -0.4 is 10.2 Å². The highest BCUT2D eigenvalue weighted by atomic mass is 32.1. The molecule has 0 aromatic carbocycles. The summed E-state index contributed by atoms with van der Waals surface area (Å²) < 4.78 is 0. The molecule has 0 radical (unpaired) electrons. The van der Waals surface area contributed by atoms with Crippen LogP contribution in [-0.4, -0.2) is 25.6 Å². The Balaban J connectivity index is 2.58. The van der Waals surface area contributed by atoms with Crippen molar-refractivity contribution < 1.29 is 0 Å². The number of nitrogens with zero attached hydrogens (tertiary/aromatic N) is 3. The maximum atomic E-state index is 8.72. The number of nitriles is 1. The molecule has 82 valence electrons. The minimum atomic E-state index is 0.0339. The summed E-state index contributed by atoms with van der Waals surface area (Å²) in [5.41, 5.74) is 1.05. The second-order valence-corrected chi connectivity index (χ2v) is 4.40. The van der Waals surface area contributed by atoms with E-state index >= 15 is 0 Å². The van der Waals surface area contributed by atoms with Gasteiger partial charge in [0.2, 0.25) is 0 Å². The van der Waals surface area contributed by atoms with Gasteiger partial charge in [-0.25, -0.2) is 4.98 Å². The van der Waals surface area contributed by atoms with Crippen molar-refractivity contribution in [1.82, 2.24) is 10.3 Å². The van der Waals surface area contributed by atoms with Gasteiger partial charge in [-0.3, -0.25) is 0 Å². The minimum Gasteiger partial charge on any atom is -0.350 e. The van der Waals surface area contributed by atoms with E-state index in [-0.39, 0.29) is 5.92 Å². The average Bonchev–Trinajstić information content (AvgIpc) is 2.67. The van der Waals surface area contributed by atoms with Crippen molar-refractivity contribution in [2.75, 3.05) is 25.5 Å². The molecule has 0 spiro atoms. The molecule has 1 N–H and O–H groups in total. The molecule has 0 aliphatic heterocycles. The lowest BCUT2D eigenvalue weighted by Crippen LogP contribution is -2.23. The van der Waals surface area contributed by atoms with E-state index in [4.69, 9.17) is 5.26 Å². The van der Waals surface area contributed by atoms with E-state index in [0.29, 0.717) is 0 Å². The standard InChI is InChI=1S/C10H16N4S/c1-8(4-11)6-14(3)10-13-9(5-12-2)7-15-10/h7-8,12H,5-6H2,1-3H3. The van der Waals surface area contributed by atoms with Crippen molar-refractivity contribution >= 4 is 16.5 Å². The van der Waals surface area contributed by atoms with Crippen LogP contribution >= 0.6 is 11.3 Å². The fourth-order valence-corrected chi connectivity index (χ4v) is 2.07. The number of aromatic nitrogens is 1. The third kappa shape index (κ3) is 3.50. The second kappa shape index (κ2) is 5.69. The third-order valence-electron chi connectivity index (χ3n) is 1.99. The quantitative estimate of drug-likeness (QED) is 0.822. The molecule has 0 amide bonds. The highest BCUT2D eigenvalue weighted by molar-refractivity contribution is 7.13. The number of hydrogen-bond donors (Lipinski definition) is 1. The smallest absolute Gasteiger partial charge is 0.185 e. The zero-order valence-electron chi connectivity index (χ0n) is 9.32. The molecule has 0 bridgehead atoms. The van der Waals surface area contributed by atoms with Gasteiger partial charge in [0, 0.05) is 25.5 Å². The van der Waals surface area contributed by atoms with Crippen LogP contribution in [0.15, 0.2) is 5.38 Å². The van der Waals surface area contributed by atoms with Crippen molar-refractivity contribution in [3.05, 3.63) is 11.1 Å². The SMILES string of the molecule is CNCc1csc(N(C)CC(C)C#N)n1. The van der Waals surface area contributed by atoms with Crippen LogP contribution in [0.1, 0.15) is 12.6 Å². The summed E-state index contributed by atoms with van der Waals surface area (Å²) in [5, 5.41) is 14.8. The minimum absolute atomic E-state index is 0.0339. The molecule has 0 aliphatic carbocycles. The summed E-state index contributed by atoms with van der Waals surface area (Å²) in [6.45, 7) is 3.43. The van der Waals surface area contributed by atoms with Crippen molar-refractivity contribution in [2.45, 2.75) is 13.5 Å². The largest absolute Gasteiger partial charge is 0.350 e. The molecule has 0 saturated heterocycles. The number of rotatable bonds is 5. The molecule has 1 unspecified atom stereocenters. The van der Waals surface area contributed by atoms with Crippen LogP contribution in [0, 0.1) is 17.2 Å². The average molecular weight is 224 g/mol. The number of anilines is 1. The zero-order valence-corrected chi connectivity index (χ0v) is 10.1. The summed E-state index contributed by atoms with van der Waals surface area (Å²) in [6, 6.07) is 2.22. The molecule has 0 saturated carbocycles.